The molecule has 68 heavy (non-hydrogen) atoms. The summed E-state index contributed by atoms with van der Waals surface area (Å²) >= 11 is 0. The summed E-state index contributed by atoms with van der Waals surface area (Å²) in [6.07, 6.45) is 17.7. The second kappa shape index (κ2) is 21.8. The van der Waals surface area contributed by atoms with Gasteiger partial charge in [-0.05, 0) is 120 Å². The molecule has 16 nitrogen and oxygen atoms in total. The summed E-state index contributed by atoms with van der Waals surface area (Å²) in [6, 6.07) is 8.13. The highest BCUT2D eigenvalue weighted by atomic mass is 32.2. The van der Waals surface area contributed by atoms with E-state index in [1.54, 1.807) is 24.3 Å². The predicted molar refractivity (Wildman–Crippen MR) is 261 cm³/mol. The molecular formula is C48H65N2O14S4+. The zero-order valence-electron chi connectivity index (χ0n) is 39.9. The van der Waals surface area contributed by atoms with E-state index in [-0.39, 0.29) is 28.4 Å². The Hall–Kier alpha value is -4.24. The Morgan fingerprint density at radius 2 is 1.40 bits per heavy atom. The molecule has 0 saturated carbocycles. The van der Waals surface area contributed by atoms with Crippen LogP contribution < -0.4 is 4.90 Å². The lowest BCUT2D eigenvalue weighted by Gasteiger charge is -2.30. The first kappa shape index (κ1) is 54.7. The molecule has 0 saturated heterocycles. The average molecular weight is 1020 g/mol. The van der Waals surface area contributed by atoms with Gasteiger partial charge in [-0.3, -0.25) is 21.9 Å². The van der Waals surface area contributed by atoms with Crippen molar-refractivity contribution in [3.63, 3.8) is 0 Å². The van der Waals surface area contributed by atoms with E-state index in [0.29, 0.717) is 76.4 Å². The Labute approximate surface area is 402 Å². The minimum atomic E-state index is -4.25. The predicted octanol–water partition coefficient (Wildman–Crippen LogP) is 7.73. The number of nitrogens with zero attached hydrogens (tertiary/aromatic N) is 2. The van der Waals surface area contributed by atoms with Gasteiger partial charge in [-0.2, -0.15) is 38.2 Å². The summed E-state index contributed by atoms with van der Waals surface area (Å²) in [5, 5.41) is 9.35. The van der Waals surface area contributed by atoms with Crippen molar-refractivity contribution in [2.75, 3.05) is 50.8 Å². The smallest absolute Gasteiger partial charge is 0.303 e. The molecule has 2 N–H and O–H groups in total. The van der Waals surface area contributed by atoms with Crippen molar-refractivity contribution >= 4 is 63.5 Å². The lowest BCUT2D eigenvalue weighted by molar-refractivity contribution is -0.439. The quantitative estimate of drug-likeness (QED) is 0.0229. The number of aliphatic carboxylic acids is 1. The van der Waals surface area contributed by atoms with Gasteiger partial charge >= 0.3 is 5.97 Å². The Morgan fingerprint density at radius 1 is 0.765 bits per heavy atom. The molecule has 3 aliphatic rings. The van der Waals surface area contributed by atoms with Crippen LogP contribution in [-0.4, -0.2) is 106 Å². The summed E-state index contributed by atoms with van der Waals surface area (Å²) in [5.74, 6) is -1.51. The van der Waals surface area contributed by atoms with E-state index in [0.717, 1.165) is 55.2 Å². The Kier molecular flexibility index (Phi) is 17.5. The number of carbonyl (C=O) groups is 1. The van der Waals surface area contributed by atoms with Crippen LogP contribution in [0.2, 0.25) is 0 Å². The van der Waals surface area contributed by atoms with Gasteiger partial charge < -0.3 is 10.0 Å². The zero-order valence-corrected chi connectivity index (χ0v) is 43.1. The molecule has 0 bridgehead atoms. The van der Waals surface area contributed by atoms with E-state index in [2.05, 4.69) is 19.4 Å². The third kappa shape index (κ3) is 12.2. The number of fused-ring (bicyclic) bond motifs is 2. The number of likely N-dealkylation sites (N-methyl/N-ethyl adjacent to an activating group) is 1. The summed E-state index contributed by atoms with van der Waals surface area (Å²) < 4.78 is 127. The maximum absolute atomic E-state index is 13.5. The van der Waals surface area contributed by atoms with Crippen LogP contribution >= 0.6 is 0 Å². The molecule has 2 heterocycles. The molecule has 0 amide bonds. The molecule has 3 atom stereocenters. The molecule has 374 valence electrons. The third-order valence-corrected chi connectivity index (χ3v) is 18.0. The first-order chi connectivity index (χ1) is 31.8. The number of carboxylic acids is 1. The second-order valence-electron chi connectivity index (χ2n) is 18.0. The summed E-state index contributed by atoms with van der Waals surface area (Å²) in [6.45, 7) is 8.97. The summed E-state index contributed by atoms with van der Waals surface area (Å²) in [5.41, 5.74) is 6.29. The number of rotatable bonds is 26. The van der Waals surface area contributed by atoms with Crippen molar-refractivity contribution in [2.45, 2.75) is 124 Å². The van der Waals surface area contributed by atoms with Crippen LogP contribution in [0.3, 0.4) is 0 Å². The number of allylic oxidation sites excluding steroid dienone is 7. The van der Waals surface area contributed by atoms with Gasteiger partial charge in [0.2, 0.25) is 5.69 Å². The summed E-state index contributed by atoms with van der Waals surface area (Å²) in [4.78, 5) is 13.5. The topological polar surface area (TPSA) is 228 Å². The van der Waals surface area contributed by atoms with Crippen LogP contribution in [0.1, 0.15) is 115 Å². The molecule has 1 aliphatic carbocycles. The number of hydrogen-bond acceptors (Lipinski definition) is 13. The monoisotopic (exact) mass is 1020 g/mol. The number of carboxylic acid groups (broad SMARTS) is 1. The van der Waals surface area contributed by atoms with Crippen molar-refractivity contribution in [2.24, 2.45) is 0 Å². The SMILES string of the molecule is CCN1C(=CC=CC=CC2=[N+](CCCCCC(=O)O)c3c(C4(C)C=C=CC4)cc(S(=O)(=O)OC)cc3C2(C)CCCCS(=O)(=O)O)C(C)(CCCCS(=O)(=O)OC)c2cc(S(=O)(=O)OC)ccc21. The largest absolute Gasteiger partial charge is 0.481 e. The fourth-order valence-electron chi connectivity index (χ4n) is 9.65. The van der Waals surface area contributed by atoms with E-state index in [9.17, 15) is 48.1 Å². The van der Waals surface area contributed by atoms with Gasteiger partial charge in [-0.1, -0.05) is 38.0 Å². The highest BCUT2D eigenvalue weighted by Gasteiger charge is 2.51. The van der Waals surface area contributed by atoms with Gasteiger partial charge in [0.15, 0.2) is 5.71 Å². The molecule has 3 unspecified atom stereocenters. The van der Waals surface area contributed by atoms with Crippen LogP contribution in [0.5, 0.6) is 0 Å². The van der Waals surface area contributed by atoms with Crippen molar-refractivity contribution in [1.82, 2.24) is 0 Å². The molecule has 0 spiro atoms. The maximum Gasteiger partial charge on any atom is 0.303 e. The Balaban J connectivity index is 1.66. The fraction of sp³-hybridized carbons (Fsp3) is 0.521. The highest BCUT2D eigenvalue weighted by molar-refractivity contribution is 7.87. The Morgan fingerprint density at radius 3 is 2.00 bits per heavy atom. The molecule has 0 radical (unpaired) electrons. The number of anilines is 1. The van der Waals surface area contributed by atoms with Crippen LogP contribution in [0.4, 0.5) is 11.4 Å². The van der Waals surface area contributed by atoms with Gasteiger partial charge in [0.1, 0.15) is 6.54 Å². The zero-order chi connectivity index (χ0) is 50.3. The maximum atomic E-state index is 13.5. The van der Waals surface area contributed by atoms with Gasteiger partial charge in [0, 0.05) is 58.8 Å². The normalized spacial score (nSPS) is 22.4. The van der Waals surface area contributed by atoms with Gasteiger partial charge in [-0.15, -0.1) is 5.73 Å². The van der Waals surface area contributed by atoms with E-state index in [4.69, 9.17) is 8.37 Å². The molecule has 2 aromatic carbocycles. The lowest BCUT2D eigenvalue weighted by atomic mass is 9.73. The molecule has 20 heteroatoms. The minimum absolute atomic E-state index is 0.00548. The van der Waals surface area contributed by atoms with E-state index < -0.39 is 68.4 Å². The van der Waals surface area contributed by atoms with Crippen molar-refractivity contribution in [3.8, 4) is 0 Å². The molecule has 0 aromatic heterocycles. The van der Waals surface area contributed by atoms with Gasteiger partial charge in [0.25, 0.3) is 40.5 Å². The Bertz CT molecular complexity index is 2900. The second-order valence-corrected chi connectivity index (χ2v) is 24.9. The number of benzene rings is 2. The number of hydrogen-bond donors (Lipinski definition) is 2. The minimum Gasteiger partial charge on any atom is -0.481 e. The number of unbranched alkanes of at least 4 members (excludes halogenated alkanes) is 4. The summed E-state index contributed by atoms with van der Waals surface area (Å²) in [7, 11) is -12.9. The van der Waals surface area contributed by atoms with Gasteiger partial charge in [0.05, 0.1) is 48.0 Å². The molecule has 5 rings (SSSR count). The molecular weight excluding hydrogens is 957 g/mol. The average Bonchev–Trinajstić information content (AvgIpc) is 3.91. The van der Waals surface area contributed by atoms with Crippen LogP contribution in [0.15, 0.2) is 94.1 Å². The first-order valence-corrected chi connectivity index (χ1v) is 28.6. The van der Waals surface area contributed by atoms with Crippen molar-refractivity contribution < 1.29 is 65.2 Å². The van der Waals surface area contributed by atoms with Crippen molar-refractivity contribution in [3.05, 3.63) is 101 Å². The van der Waals surface area contributed by atoms with Crippen LogP contribution in [0, 0.1) is 0 Å². The van der Waals surface area contributed by atoms with E-state index >= 15 is 0 Å². The van der Waals surface area contributed by atoms with Crippen LogP contribution in [0.25, 0.3) is 0 Å². The highest BCUT2D eigenvalue weighted by Crippen LogP contribution is 2.53. The van der Waals surface area contributed by atoms with Crippen molar-refractivity contribution in [1.29, 1.82) is 0 Å². The third-order valence-electron chi connectivity index (χ3n) is 13.4. The van der Waals surface area contributed by atoms with Gasteiger partial charge in [-0.25, -0.2) is 0 Å². The van der Waals surface area contributed by atoms with E-state index in [1.165, 1.54) is 6.07 Å². The van der Waals surface area contributed by atoms with E-state index in [1.807, 2.05) is 70.2 Å². The molecule has 2 aliphatic heterocycles. The molecule has 0 fully saturated rings. The van der Waals surface area contributed by atoms with Crippen LogP contribution in [-0.2, 0) is 74.1 Å². The molecule has 2 aromatic rings. The fourth-order valence-corrected chi connectivity index (χ4v) is 12.4. The first-order valence-electron chi connectivity index (χ1n) is 22.6. The lowest BCUT2D eigenvalue weighted by Crippen LogP contribution is -2.31. The standard InChI is InChI=1S/C48H64N2O14S4/c1-8-49-41-25-24-36(67(58,59)63-6)33-38(41)47(3,28-17-20-32-66(56,57)62-5)42(49)21-11-9-12-22-43-48(4,29-16-19-31-65(53,54)55)40-35-37(68(60,61)64-7)34-39(46(2)26-14-15-27-46)45(40)50(43)30-18-10-13-23-44(51)52/h9,11-12,14,21-22,24-25,27,33-35H,8,10,13,16-20,23,26,28-32H2,1-7H3,(H-,51,52,53,54,55)/p+1.